The largest absolute Gasteiger partial charge is 0.219 e. The SMILES string of the molecule is CCCC/C(C)=C/S(=O)(=O)c1ccc(C)cc1. The summed E-state index contributed by atoms with van der Waals surface area (Å²) in [5.74, 6) is 0. The summed E-state index contributed by atoms with van der Waals surface area (Å²) in [6.45, 7) is 5.92. The van der Waals surface area contributed by atoms with Crippen molar-refractivity contribution in [1.29, 1.82) is 0 Å². The molecule has 2 nitrogen and oxygen atoms in total. The highest BCUT2D eigenvalue weighted by Gasteiger charge is 2.10. The van der Waals surface area contributed by atoms with Gasteiger partial charge < -0.3 is 0 Å². The van der Waals surface area contributed by atoms with Crippen molar-refractivity contribution in [2.45, 2.75) is 44.9 Å². The Labute approximate surface area is 104 Å². The Balaban J connectivity index is 2.92. The second kappa shape index (κ2) is 6.01. The van der Waals surface area contributed by atoms with Crippen molar-refractivity contribution in [2.75, 3.05) is 0 Å². The predicted molar refractivity (Wildman–Crippen MR) is 71.6 cm³/mol. The van der Waals surface area contributed by atoms with Crippen molar-refractivity contribution < 1.29 is 8.42 Å². The number of hydrogen-bond donors (Lipinski definition) is 0. The van der Waals surface area contributed by atoms with Crippen LogP contribution in [-0.2, 0) is 9.84 Å². The molecule has 0 N–H and O–H groups in total. The third-order valence-electron chi connectivity index (χ3n) is 2.63. The first-order chi connectivity index (χ1) is 7.95. The normalized spacial score (nSPS) is 12.8. The first-order valence-electron chi connectivity index (χ1n) is 5.94. The van der Waals surface area contributed by atoms with E-state index >= 15 is 0 Å². The van der Waals surface area contributed by atoms with Crippen molar-refractivity contribution in [2.24, 2.45) is 0 Å². The molecule has 0 amide bonds. The van der Waals surface area contributed by atoms with Gasteiger partial charge in [-0.25, -0.2) is 8.42 Å². The summed E-state index contributed by atoms with van der Waals surface area (Å²) in [7, 11) is -3.27. The van der Waals surface area contributed by atoms with E-state index in [-0.39, 0.29) is 0 Å². The zero-order chi connectivity index (χ0) is 12.9. The molecular formula is C14H20O2S. The maximum absolute atomic E-state index is 12.0. The van der Waals surface area contributed by atoms with Crippen molar-refractivity contribution >= 4 is 9.84 Å². The van der Waals surface area contributed by atoms with Crippen LogP contribution >= 0.6 is 0 Å². The van der Waals surface area contributed by atoms with Gasteiger partial charge >= 0.3 is 0 Å². The monoisotopic (exact) mass is 252 g/mol. The molecule has 0 aromatic heterocycles. The second-order valence-electron chi connectivity index (χ2n) is 4.43. The third kappa shape index (κ3) is 4.35. The summed E-state index contributed by atoms with van der Waals surface area (Å²) >= 11 is 0. The van der Waals surface area contributed by atoms with E-state index in [1.807, 2.05) is 26.0 Å². The zero-order valence-electron chi connectivity index (χ0n) is 10.7. The molecule has 0 heterocycles. The van der Waals surface area contributed by atoms with E-state index in [4.69, 9.17) is 0 Å². The molecule has 94 valence electrons. The fourth-order valence-electron chi connectivity index (χ4n) is 1.58. The van der Waals surface area contributed by atoms with Gasteiger partial charge in [0.2, 0.25) is 0 Å². The Kier molecular flexibility index (Phi) is 4.94. The van der Waals surface area contributed by atoms with Crippen LogP contribution in [-0.4, -0.2) is 8.42 Å². The Morgan fingerprint density at radius 3 is 2.35 bits per heavy atom. The van der Waals surface area contributed by atoms with Gasteiger partial charge in [0.25, 0.3) is 0 Å². The topological polar surface area (TPSA) is 34.1 Å². The van der Waals surface area contributed by atoms with Crippen molar-refractivity contribution in [3.63, 3.8) is 0 Å². The number of aryl methyl sites for hydroxylation is 1. The van der Waals surface area contributed by atoms with Gasteiger partial charge in [-0.3, -0.25) is 0 Å². The number of hydrogen-bond acceptors (Lipinski definition) is 2. The molecular weight excluding hydrogens is 232 g/mol. The quantitative estimate of drug-likeness (QED) is 0.797. The van der Waals surface area contributed by atoms with Crippen LogP contribution in [0.3, 0.4) is 0 Å². The number of unbranched alkanes of at least 4 members (excludes halogenated alkanes) is 1. The van der Waals surface area contributed by atoms with Gasteiger partial charge in [-0.15, -0.1) is 0 Å². The van der Waals surface area contributed by atoms with E-state index in [0.29, 0.717) is 4.90 Å². The van der Waals surface area contributed by atoms with E-state index in [2.05, 4.69) is 6.92 Å². The van der Waals surface area contributed by atoms with Gasteiger partial charge in [0.1, 0.15) is 0 Å². The summed E-state index contributed by atoms with van der Waals surface area (Å²) in [4.78, 5) is 0.374. The summed E-state index contributed by atoms with van der Waals surface area (Å²) in [5.41, 5.74) is 1.99. The molecule has 3 heteroatoms. The molecule has 0 bridgehead atoms. The Hall–Kier alpha value is -1.09. The second-order valence-corrected chi connectivity index (χ2v) is 6.22. The van der Waals surface area contributed by atoms with Crippen LogP contribution in [0, 0.1) is 6.92 Å². The third-order valence-corrected chi connectivity index (χ3v) is 4.27. The average molecular weight is 252 g/mol. The van der Waals surface area contributed by atoms with E-state index in [1.165, 1.54) is 5.41 Å². The fraction of sp³-hybridized carbons (Fsp3) is 0.429. The van der Waals surface area contributed by atoms with Gasteiger partial charge in [0, 0.05) is 5.41 Å². The van der Waals surface area contributed by atoms with E-state index in [1.54, 1.807) is 12.1 Å². The smallest absolute Gasteiger partial charge is 0.199 e. The molecule has 0 atom stereocenters. The molecule has 0 unspecified atom stereocenters. The molecule has 0 aliphatic carbocycles. The lowest BCUT2D eigenvalue weighted by Crippen LogP contribution is -1.97. The lowest BCUT2D eigenvalue weighted by Gasteiger charge is -2.03. The number of allylic oxidation sites excluding steroid dienone is 1. The van der Waals surface area contributed by atoms with Crippen LogP contribution in [0.2, 0.25) is 0 Å². The Morgan fingerprint density at radius 2 is 1.82 bits per heavy atom. The summed E-state index contributed by atoms with van der Waals surface area (Å²) in [6, 6.07) is 6.97. The average Bonchev–Trinajstić information content (AvgIpc) is 2.26. The summed E-state index contributed by atoms with van der Waals surface area (Å²) in [5, 5.41) is 1.40. The van der Waals surface area contributed by atoms with E-state index in [9.17, 15) is 8.42 Å². The fourth-order valence-corrected chi connectivity index (χ4v) is 2.87. The molecule has 1 aromatic rings. The first-order valence-corrected chi connectivity index (χ1v) is 7.49. The molecule has 0 saturated heterocycles. The molecule has 0 saturated carbocycles. The lowest BCUT2D eigenvalue weighted by molar-refractivity contribution is 0.604. The maximum Gasteiger partial charge on any atom is 0.199 e. The zero-order valence-corrected chi connectivity index (χ0v) is 11.5. The highest BCUT2D eigenvalue weighted by Crippen LogP contribution is 2.16. The van der Waals surface area contributed by atoms with Gasteiger partial charge in [-0.1, -0.05) is 36.6 Å². The van der Waals surface area contributed by atoms with Crippen LogP contribution in [0.1, 0.15) is 38.7 Å². The molecule has 17 heavy (non-hydrogen) atoms. The summed E-state index contributed by atoms with van der Waals surface area (Å²) in [6.07, 6.45) is 2.96. The minimum absolute atomic E-state index is 0.374. The van der Waals surface area contributed by atoms with Crippen LogP contribution in [0.15, 0.2) is 40.1 Å². The predicted octanol–water partition coefficient (Wildman–Crippen LogP) is 3.86. The highest BCUT2D eigenvalue weighted by atomic mass is 32.2. The number of benzene rings is 1. The molecule has 0 fully saturated rings. The van der Waals surface area contributed by atoms with Crippen molar-refractivity contribution in [3.8, 4) is 0 Å². The molecule has 1 rings (SSSR count). The van der Waals surface area contributed by atoms with Crippen LogP contribution < -0.4 is 0 Å². The Bertz CT molecular complexity index is 481. The molecule has 0 aliphatic rings. The molecule has 0 aliphatic heterocycles. The van der Waals surface area contributed by atoms with Gasteiger partial charge in [-0.05, 0) is 38.8 Å². The minimum Gasteiger partial charge on any atom is -0.219 e. The minimum atomic E-state index is -3.27. The van der Waals surface area contributed by atoms with Gasteiger partial charge in [-0.2, -0.15) is 0 Å². The summed E-state index contributed by atoms with van der Waals surface area (Å²) < 4.78 is 24.1. The number of rotatable bonds is 5. The van der Waals surface area contributed by atoms with Gasteiger partial charge in [0.15, 0.2) is 9.84 Å². The van der Waals surface area contributed by atoms with Crippen molar-refractivity contribution in [1.82, 2.24) is 0 Å². The van der Waals surface area contributed by atoms with Crippen LogP contribution in [0.4, 0.5) is 0 Å². The standard InChI is InChI=1S/C14H20O2S/c1-4-5-6-13(3)11-17(15,16)14-9-7-12(2)8-10-14/h7-11H,4-6H2,1-3H3/b13-11+. The first kappa shape index (κ1) is 14.0. The number of sulfone groups is 1. The van der Waals surface area contributed by atoms with Crippen LogP contribution in [0.25, 0.3) is 0 Å². The lowest BCUT2D eigenvalue weighted by atomic mass is 10.2. The van der Waals surface area contributed by atoms with E-state index < -0.39 is 9.84 Å². The van der Waals surface area contributed by atoms with E-state index in [0.717, 1.165) is 30.4 Å². The molecule has 1 aromatic carbocycles. The molecule has 0 radical (unpaired) electrons. The maximum atomic E-state index is 12.0. The van der Waals surface area contributed by atoms with Gasteiger partial charge in [0.05, 0.1) is 4.90 Å². The highest BCUT2D eigenvalue weighted by molar-refractivity contribution is 7.94. The van der Waals surface area contributed by atoms with Crippen LogP contribution in [0.5, 0.6) is 0 Å². The molecule has 0 spiro atoms. The van der Waals surface area contributed by atoms with Crippen molar-refractivity contribution in [3.05, 3.63) is 40.8 Å². The Morgan fingerprint density at radius 1 is 1.24 bits per heavy atom.